The Labute approximate surface area is 143 Å². The molecule has 0 saturated heterocycles. The van der Waals surface area contributed by atoms with Crippen molar-refractivity contribution in [3.8, 4) is 11.5 Å². The number of nitrogens with one attached hydrogen (secondary N) is 1. The summed E-state index contributed by atoms with van der Waals surface area (Å²) in [6.45, 7) is 0.572. The van der Waals surface area contributed by atoms with E-state index in [9.17, 15) is 14.0 Å². The summed E-state index contributed by atoms with van der Waals surface area (Å²) in [6.07, 6.45) is 0.759. The normalized spacial score (nSPS) is 12.8. The summed E-state index contributed by atoms with van der Waals surface area (Å²) >= 11 is 0. The second-order valence-corrected chi connectivity index (χ2v) is 5.35. The first-order valence-electron chi connectivity index (χ1n) is 7.74. The van der Waals surface area contributed by atoms with Crippen LogP contribution in [0.5, 0.6) is 11.5 Å². The number of anilines is 1. The van der Waals surface area contributed by atoms with Crippen LogP contribution in [0, 0.1) is 5.82 Å². The van der Waals surface area contributed by atoms with E-state index in [0.717, 1.165) is 6.42 Å². The van der Waals surface area contributed by atoms with Crippen molar-refractivity contribution < 1.29 is 28.2 Å². The monoisotopic (exact) mass is 345 g/mol. The molecule has 2 aromatic rings. The van der Waals surface area contributed by atoms with Crippen LogP contribution in [-0.2, 0) is 9.53 Å². The number of hydrogen-bond acceptors (Lipinski definition) is 5. The highest BCUT2D eigenvalue weighted by Crippen LogP contribution is 2.30. The number of halogens is 1. The van der Waals surface area contributed by atoms with Crippen molar-refractivity contribution in [3.63, 3.8) is 0 Å². The minimum Gasteiger partial charge on any atom is -0.490 e. The van der Waals surface area contributed by atoms with Gasteiger partial charge >= 0.3 is 5.97 Å². The van der Waals surface area contributed by atoms with Gasteiger partial charge in [-0.25, -0.2) is 9.18 Å². The summed E-state index contributed by atoms with van der Waals surface area (Å²) in [4.78, 5) is 23.9. The molecule has 0 unspecified atom stereocenters. The quantitative estimate of drug-likeness (QED) is 0.863. The van der Waals surface area contributed by atoms with Crippen LogP contribution in [0.3, 0.4) is 0 Å². The van der Waals surface area contributed by atoms with Crippen LogP contribution in [0.1, 0.15) is 16.8 Å². The summed E-state index contributed by atoms with van der Waals surface area (Å²) in [6, 6.07) is 10.1. The molecule has 2 aromatic carbocycles. The van der Waals surface area contributed by atoms with Crippen molar-refractivity contribution in [1.29, 1.82) is 0 Å². The fraction of sp³-hybridized carbons (Fsp3) is 0.222. The van der Waals surface area contributed by atoms with Gasteiger partial charge in [0, 0.05) is 12.1 Å². The first kappa shape index (κ1) is 16.8. The zero-order chi connectivity index (χ0) is 17.6. The molecule has 1 N–H and O–H groups in total. The van der Waals surface area contributed by atoms with Crippen LogP contribution >= 0.6 is 0 Å². The van der Waals surface area contributed by atoms with E-state index in [1.807, 2.05) is 0 Å². The van der Waals surface area contributed by atoms with E-state index in [1.54, 1.807) is 12.1 Å². The minimum absolute atomic E-state index is 0.253. The maximum Gasteiger partial charge on any atom is 0.338 e. The molecule has 0 aromatic heterocycles. The van der Waals surface area contributed by atoms with E-state index >= 15 is 0 Å². The third-order valence-electron chi connectivity index (χ3n) is 3.43. The Morgan fingerprint density at radius 2 is 1.88 bits per heavy atom. The van der Waals surface area contributed by atoms with Crippen LogP contribution < -0.4 is 14.8 Å². The van der Waals surface area contributed by atoms with Gasteiger partial charge in [-0.2, -0.15) is 0 Å². The number of ether oxygens (including phenoxy) is 3. The number of amides is 1. The van der Waals surface area contributed by atoms with Gasteiger partial charge in [0.05, 0.1) is 18.8 Å². The number of hydrogen-bond donors (Lipinski definition) is 1. The van der Waals surface area contributed by atoms with Gasteiger partial charge in [-0.05, 0) is 36.4 Å². The van der Waals surface area contributed by atoms with Crippen molar-refractivity contribution in [2.45, 2.75) is 6.42 Å². The highest BCUT2D eigenvalue weighted by molar-refractivity contribution is 5.95. The SMILES string of the molecule is O=C(COC(=O)c1ccc2c(c1)OCCCO2)Nc1cccc(F)c1. The van der Waals surface area contributed by atoms with E-state index in [2.05, 4.69) is 5.32 Å². The predicted octanol–water partition coefficient (Wildman–Crippen LogP) is 2.78. The maximum absolute atomic E-state index is 13.1. The average Bonchev–Trinajstić information content (AvgIpc) is 2.84. The Hall–Kier alpha value is -3.09. The lowest BCUT2D eigenvalue weighted by molar-refractivity contribution is -0.119. The molecule has 1 amide bonds. The predicted molar refractivity (Wildman–Crippen MR) is 87.4 cm³/mol. The number of benzene rings is 2. The van der Waals surface area contributed by atoms with Crippen molar-refractivity contribution in [1.82, 2.24) is 0 Å². The molecule has 25 heavy (non-hydrogen) atoms. The summed E-state index contributed by atoms with van der Waals surface area (Å²) in [5.74, 6) is -0.658. The molecule has 1 aliphatic rings. The van der Waals surface area contributed by atoms with Crippen molar-refractivity contribution >= 4 is 17.6 Å². The molecule has 0 spiro atoms. The van der Waals surface area contributed by atoms with Gasteiger partial charge in [-0.1, -0.05) is 6.07 Å². The molecule has 0 radical (unpaired) electrons. The zero-order valence-corrected chi connectivity index (χ0v) is 13.3. The van der Waals surface area contributed by atoms with E-state index < -0.39 is 24.3 Å². The third-order valence-corrected chi connectivity index (χ3v) is 3.43. The van der Waals surface area contributed by atoms with Gasteiger partial charge in [0.15, 0.2) is 18.1 Å². The van der Waals surface area contributed by atoms with Gasteiger partial charge in [-0.15, -0.1) is 0 Å². The molecule has 6 nitrogen and oxygen atoms in total. The molecule has 0 atom stereocenters. The molecule has 0 saturated carbocycles. The summed E-state index contributed by atoms with van der Waals surface area (Å²) in [7, 11) is 0. The lowest BCUT2D eigenvalue weighted by Crippen LogP contribution is -2.21. The second-order valence-electron chi connectivity index (χ2n) is 5.35. The van der Waals surface area contributed by atoms with Gasteiger partial charge in [0.25, 0.3) is 5.91 Å². The Kier molecular flexibility index (Phi) is 5.13. The molecule has 0 fully saturated rings. The van der Waals surface area contributed by atoms with Crippen LogP contribution in [0.4, 0.5) is 10.1 Å². The van der Waals surface area contributed by atoms with Crippen LogP contribution in [0.15, 0.2) is 42.5 Å². The molecule has 1 heterocycles. The van der Waals surface area contributed by atoms with E-state index in [0.29, 0.717) is 24.7 Å². The average molecular weight is 345 g/mol. The van der Waals surface area contributed by atoms with E-state index in [-0.39, 0.29) is 11.3 Å². The van der Waals surface area contributed by atoms with E-state index in [4.69, 9.17) is 14.2 Å². The molecule has 0 aliphatic carbocycles. The fourth-order valence-corrected chi connectivity index (χ4v) is 2.27. The smallest absolute Gasteiger partial charge is 0.338 e. The van der Waals surface area contributed by atoms with Crippen LogP contribution in [0.2, 0.25) is 0 Å². The standard InChI is InChI=1S/C18H16FNO5/c19-13-3-1-4-14(10-13)20-17(21)11-25-18(22)12-5-6-15-16(9-12)24-8-2-7-23-15/h1,3-6,9-10H,2,7-8,11H2,(H,20,21). The topological polar surface area (TPSA) is 73.9 Å². The summed E-state index contributed by atoms with van der Waals surface area (Å²) < 4.78 is 29.0. The van der Waals surface area contributed by atoms with Crippen molar-refractivity contribution in [3.05, 3.63) is 53.8 Å². The number of fused-ring (bicyclic) bond motifs is 1. The van der Waals surface area contributed by atoms with Crippen molar-refractivity contribution in [2.75, 3.05) is 25.1 Å². The zero-order valence-electron chi connectivity index (χ0n) is 13.3. The lowest BCUT2D eigenvalue weighted by atomic mass is 10.2. The van der Waals surface area contributed by atoms with Crippen LogP contribution in [-0.4, -0.2) is 31.7 Å². The molecule has 0 bridgehead atoms. The first-order valence-corrected chi connectivity index (χ1v) is 7.74. The van der Waals surface area contributed by atoms with E-state index in [1.165, 1.54) is 30.3 Å². The van der Waals surface area contributed by atoms with Gasteiger partial charge < -0.3 is 19.5 Å². The largest absolute Gasteiger partial charge is 0.490 e. The third kappa shape index (κ3) is 4.47. The molecule has 1 aliphatic heterocycles. The second kappa shape index (κ2) is 7.65. The molecule has 7 heteroatoms. The lowest BCUT2D eigenvalue weighted by Gasteiger charge is -2.10. The number of carbonyl (C=O) groups is 2. The maximum atomic E-state index is 13.1. The Morgan fingerprint density at radius 3 is 2.68 bits per heavy atom. The van der Waals surface area contributed by atoms with Crippen LogP contribution in [0.25, 0.3) is 0 Å². The molecule has 130 valence electrons. The first-order chi connectivity index (χ1) is 12.1. The van der Waals surface area contributed by atoms with Gasteiger partial charge in [-0.3, -0.25) is 4.79 Å². The Morgan fingerprint density at radius 1 is 1.08 bits per heavy atom. The summed E-state index contributed by atoms with van der Waals surface area (Å²) in [5, 5.41) is 2.45. The minimum atomic E-state index is -0.662. The number of rotatable bonds is 4. The van der Waals surface area contributed by atoms with Gasteiger partial charge in [0.1, 0.15) is 5.82 Å². The number of esters is 1. The molecular formula is C18H16FNO5. The highest BCUT2D eigenvalue weighted by atomic mass is 19.1. The van der Waals surface area contributed by atoms with Crippen molar-refractivity contribution in [2.24, 2.45) is 0 Å². The summed E-state index contributed by atoms with van der Waals surface area (Å²) in [5.41, 5.74) is 0.541. The fourth-order valence-electron chi connectivity index (χ4n) is 2.27. The number of carbonyl (C=O) groups excluding carboxylic acids is 2. The molecular weight excluding hydrogens is 329 g/mol. The highest BCUT2D eigenvalue weighted by Gasteiger charge is 2.16. The van der Waals surface area contributed by atoms with Gasteiger partial charge in [0.2, 0.25) is 0 Å². The Balaban J connectivity index is 1.57. The Bertz CT molecular complexity index is 793. The molecule has 3 rings (SSSR count).